The fraction of sp³-hybridized carbons (Fsp3) is 0.273. The van der Waals surface area contributed by atoms with E-state index in [0.29, 0.717) is 0 Å². The van der Waals surface area contributed by atoms with Crippen LogP contribution in [0.5, 0.6) is 0 Å². The largest absolute Gasteiger partial charge is 0.228 e. The third kappa shape index (κ3) is 3.00. The molecule has 0 bridgehead atoms. The molecule has 1 aromatic carbocycles. The molecule has 1 rings (SSSR count). The Kier molecular flexibility index (Phi) is 3.47. The van der Waals surface area contributed by atoms with Gasteiger partial charge in [0.15, 0.2) is 9.84 Å². The molecule has 2 nitrogen and oxygen atoms in total. The Balaban J connectivity index is 2.89. The van der Waals surface area contributed by atoms with Crippen molar-refractivity contribution in [3.8, 4) is 0 Å². The summed E-state index contributed by atoms with van der Waals surface area (Å²) in [5.74, 6) is 0.146. The minimum absolute atomic E-state index is 0.0430. The molecule has 14 heavy (non-hydrogen) atoms. The number of hydrogen-bond donors (Lipinski definition) is 0. The highest BCUT2D eigenvalue weighted by molar-refractivity contribution is 7.90. The smallest absolute Gasteiger partial charge is 0.157 e. The highest BCUT2D eigenvalue weighted by atomic mass is 32.2. The Morgan fingerprint density at radius 2 is 2.00 bits per heavy atom. The Hall–Kier alpha value is -1.09. The molecule has 0 radical (unpaired) electrons. The Bertz CT molecular complexity index is 419. The predicted octanol–water partition coefficient (Wildman–Crippen LogP) is 2.10. The van der Waals surface area contributed by atoms with Crippen LogP contribution in [0.2, 0.25) is 0 Å². The van der Waals surface area contributed by atoms with Crippen LogP contribution in [0.25, 0.3) is 0 Å². The van der Waals surface area contributed by atoms with Crippen molar-refractivity contribution >= 4 is 9.84 Å². The van der Waals surface area contributed by atoms with E-state index < -0.39 is 9.84 Å². The first-order valence-electron chi connectivity index (χ1n) is 4.41. The summed E-state index contributed by atoms with van der Waals surface area (Å²) in [6.45, 7) is 5.35. The van der Waals surface area contributed by atoms with E-state index in [1.807, 2.05) is 31.2 Å². The molecule has 3 heteroatoms. The molecule has 0 aliphatic heterocycles. The van der Waals surface area contributed by atoms with Gasteiger partial charge in [-0.1, -0.05) is 30.3 Å². The molecule has 0 amide bonds. The van der Waals surface area contributed by atoms with Crippen molar-refractivity contribution in [2.45, 2.75) is 12.7 Å². The molecule has 0 aliphatic rings. The molecule has 0 fully saturated rings. The van der Waals surface area contributed by atoms with Crippen LogP contribution in [-0.2, 0) is 15.6 Å². The van der Waals surface area contributed by atoms with Gasteiger partial charge in [0.25, 0.3) is 0 Å². The maximum absolute atomic E-state index is 11.5. The van der Waals surface area contributed by atoms with Crippen molar-refractivity contribution in [2.24, 2.45) is 0 Å². The normalized spacial score (nSPS) is 11.2. The van der Waals surface area contributed by atoms with Crippen LogP contribution in [0.4, 0.5) is 0 Å². The van der Waals surface area contributed by atoms with E-state index >= 15 is 0 Å². The minimum atomic E-state index is -3.03. The molecule has 0 aromatic heterocycles. The fourth-order valence-electron chi connectivity index (χ4n) is 1.25. The Morgan fingerprint density at radius 3 is 2.57 bits per heavy atom. The molecule has 0 saturated carbocycles. The Labute approximate surface area is 85.2 Å². The molecule has 0 unspecified atom stereocenters. The first-order chi connectivity index (χ1) is 6.55. The van der Waals surface area contributed by atoms with E-state index in [1.54, 1.807) is 0 Å². The predicted molar refractivity (Wildman–Crippen MR) is 58.9 cm³/mol. The fourth-order valence-corrected chi connectivity index (χ4v) is 2.52. The van der Waals surface area contributed by atoms with Gasteiger partial charge in [-0.2, -0.15) is 0 Å². The number of rotatable bonds is 4. The van der Waals surface area contributed by atoms with Crippen molar-refractivity contribution in [1.29, 1.82) is 0 Å². The van der Waals surface area contributed by atoms with Gasteiger partial charge in [0.2, 0.25) is 0 Å². The molecule has 0 N–H and O–H groups in total. The Morgan fingerprint density at radius 1 is 1.36 bits per heavy atom. The first kappa shape index (κ1) is 11.0. The van der Waals surface area contributed by atoms with Gasteiger partial charge in [-0.15, -0.1) is 6.58 Å². The highest BCUT2D eigenvalue weighted by Crippen LogP contribution is 2.11. The minimum Gasteiger partial charge on any atom is -0.228 e. The second-order valence-electron chi connectivity index (χ2n) is 3.27. The highest BCUT2D eigenvalue weighted by Gasteiger charge is 2.10. The lowest BCUT2D eigenvalue weighted by atomic mass is 10.1. The van der Waals surface area contributed by atoms with Gasteiger partial charge in [0.05, 0.1) is 11.5 Å². The summed E-state index contributed by atoms with van der Waals surface area (Å²) in [5, 5.41) is 0. The third-order valence-corrected chi connectivity index (χ3v) is 3.50. The van der Waals surface area contributed by atoms with E-state index in [1.165, 1.54) is 6.08 Å². The van der Waals surface area contributed by atoms with Crippen molar-refractivity contribution in [3.05, 3.63) is 48.0 Å². The van der Waals surface area contributed by atoms with Crippen molar-refractivity contribution in [2.75, 3.05) is 5.75 Å². The zero-order valence-electron chi connectivity index (χ0n) is 8.23. The quantitative estimate of drug-likeness (QED) is 0.713. The summed E-state index contributed by atoms with van der Waals surface area (Å²) >= 11 is 0. The van der Waals surface area contributed by atoms with Gasteiger partial charge in [-0.3, -0.25) is 0 Å². The van der Waals surface area contributed by atoms with Crippen molar-refractivity contribution in [1.82, 2.24) is 0 Å². The molecular formula is C11H14O2S. The second kappa shape index (κ2) is 4.42. The van der Waals surface area contributed by atoms with Gasteiger partial charge >= 0.3 is 0 Å². The first-order valence-corrected chi connectivity index (χ1v) is 6.23. The molecule has 0 saturated heterocycles. The standard InChI is InChI=1S/C11H14O2S/c1-3-8-14(12,13)9-11-7-5-4-6-10(11)2/h3-7H,1,8-9H2,2H3. The molecule has 0 heterocycles. The lowest BCUT2D eigenvalue weighted by Gasteiger charge is -2.04. The van der Waals surface area contributed by atoms with Crippen LogP contribution in [0.1, 0.15) is 11.1 Å². The van der Waals surface area contributed by atoms with Gasteiger partial charge in [-0.05, 0) is 18.1 Å². The lowest BCUT2D eigenvalue weighted by Crippen LogP contribution is -2.08. The van der Waals surface area contributed by atoms with Crippen LogP contribution in [0, 0.1) is 6.92 Å². The summed E-state index contributed by atoms with van der Waals surface area (Å²) in [7, 11) is -3.03. The zero-order valence-corrected chi connectivity index (χ0v) is 9.05. The molecular weight excluding hydrogens is 196 g/mol. The van der Waals surface area contributed by atoms with Gasteiger partial charge < -0.3 is 0 Å². The van der Waals surface area contributed by atoms with Crippen LogP contribution in [0.3, 0.4) is 0 Å². The molecule has 0 atom stereocenters. The van der Waals surface area contributed by atoms with Crippen LogP contribution >= 0.6 is 0 Å². The second-order valence-corrected chi connectivity index (χ2v) is 5.38. The molecule has 76 valence electrons. The third-order valence-electron chi connectivity index (χ3n) is 2.01. The maximum atomic E-state index is 11.5. The number of sulfone groups is 1. The van der Waals surface area contributed by atoms with Crippen molar-refractivity contribution < 1.29 is 8.42 Å². The van der Waals surface area contributed by atoms with Gasteiger partial charge in [0, 0.05) is 0 Å². The number of hydrogen-bond acceptors (Lipinski definition) is 2. The monoisotopic (exact) mass is 210 g/mol. The summed E-state index contributed by atoms with van der Waals surface area (Å²) in [6.07, 6.45) is 1.42. The topological polar surface area (TPSA) is 34.1 Å². The number of benzene rings is 1. The summed E-state index contributed by atoms with van der Waals surface area (Å²) in [6, 6.07) is 7.51. The van der Waals surface area contributed by atoms with Crippen LogP contribution < -0.4 is 0 Å². The number of aryl methyl sites for hydroxylation is 1. The van der Waals surface area contributed by atoms with E-state index in [9.17, 15) is 8.42 Å². The van der Waals surface area contributed by atoms with E-state index in [-0.39, 0.29) is 11.5 Å². The molecule has 0 aliphatic carbocycles. The molecule has 1 aromatic rings. The molecule has 0 spiro atoms. The van der Waals surface area contributed by atoms with E-state index in [2.05, 4.69) is 6.58 Å². The lowest BCUT2D eigenvalue weighted by molar-refractivity contribution is 0.598. The van der Waals surface area contributed by atoms with Crippen molar-refractivity contribution in [3.63, 3.8) is 0 Å². The summed E-state index contributed by atoms with van der Waals surface area (Å²) < 4.78 is 23.0. The van der Waals surface area contributed by atoms with Crippen LogP contribution in [-0.4, -0.2) is 14.2 Å². The van der Waals surface area contributed by atoms with E-state index in [0.717, 1.165) is 11.1 Å². The van der Waals surface area contributed by atoms with Gasteiger partial charge in [0.1, 0.15) is 0 Å². The SMILES string of the molecule is C=CCS(=O)(=O)Cc1ccccc1C. The maximum Gasteiger partial charge on any atom is 0.157 e. The average Bonchev–Trinajstić information content (AvgIpc) is 2.08. The zero-order chi connectivity index (χ0) is 10.6. The van der Waals surface area contributed by atoms with Gasteiger partial charge in [-0.25, -0.2) is 8.42 Å². The summed E-state index contributed by atoms with van der Waals surface area (Å²) in [4.78, 5) is 0. The average molecular weight is 210 g/mol. The summed E-state index contributed by atoms with van der Waals surface area (Å²) in [5.41, 5.74) is 1.88. The van der Waals surface area contributed by atoms with Crippen LogP contribution in [0.15, 0.2) is 36.9 Å². The van der Waals surface area contributed by atoms with E-state index in [4.69, 9.17) is 0 Å².